The van der Waals surface area contributed by atoms with Gasteiger partial charge in [-0.05, 0) is 18.4 Å². The summed E-state index contributed by atoms with van der Waals surface area (Å²) >= 11 is 0. The number of amides is 1. The lowest BCUT2D eigenvalue weighted by Crippen LogP contribution is -2.50. The van der Waals surface area contributed by atoms with Crippen molar-refractivity contribution in [2.24, 2.45) is 0 Å². The quantitative estimate of drug-likeness (QED) is 0.376. The van der Waals surface area contributed by atoms with Gasteiger partial charge in [0.15, 0.2) is 0 Å². The van der Waals surface area contributed by atoms with E-state index in [0.717, 1.165) is 53.1 Å². The van der Waals surface area contributed by atoms with Crippen molar-refractivity contribution in [2.75, 3.05) is 31.1 Å². The highest BCUT2D eigenvalue weighted by atomic mass is 16.5. The molecule has 1 aliphatic heterocycles. The Kier molecular flexibility index (Phi) is 6.75. The molecule has 0 bridgehead atoms. The van der Waals surface area contributed by atoms with Crippen LogP contribution in [0.4, 0.5) is 5.82 Å². The van der Waals surface area contributed by atoms with E-state index in [1.165, 1.54) is 0 Å². The molecular weight excluding hydrogens is 438 g/mol. The highest BCUT2D eigenvalue weighted by Gasteiger charge is 2.30. The Balaban J connectivity index is 1.42. The fourth-order valence-electron chi connectivity index (χ4n) is 4.83. The number of piperazine rings is 1. The first-order chi connectivity index (χ1) is 17.2. The number of aryl methyl sites for hydroxylation is 1. The Morgan fingerprint density at radius 3 is 2.29 bits per heavy atom. The number of benzene rings is 2. The largest absolute Gasteiger partial charge is 0.352 e. The predicted octanol–water partition coefficient (Wildman–Crippen LogP) is 5.08. The number of rotatable bonds is 7. The van der Waals surface area contributed by atoms with Crippen molar-refractivity contribution in [2.45, 2.75) is 39.0 Å². The zero-order chi connectivity index (χ0) is 24.2. The first-order valence-corrected chi connectivity index (χ1v) is 12.5. The molecule has 0 N–H and O–H groups in total. The van der Waals surface area contributed by atoms with Crippen molar-refractivity contribution >= 4 is 22.8 Å². The predicted molar refractivity (Wildman–Crippen MR) is 137 cm³/mol. The molecule has 4 aromatic rings. The third-order valence-corrected chi connectivity index (χ3v) is 6.68. The topological polar surface area (TPSA) is 75.4 Å². The molecule has 1 fully saturated rings. The molecule has 1 amide bonds. The van der Waals surface area contributed by atoms with Crippen LogP contribution in [0.25, 0.3) is 22.4 Å². The molecule has 0 aliphatic carbocycles. The summed E-state index contributed by atoms with van der Waals surface area (Å²) in [5.41, 5.74) is 3.33. The van der Waals surface area contributed by atoms with E-state index in [1.807, 2.05) is 65.6 Å². The molecule has 0 spiro atoms. The summed E-state index contributed by atoms with van der Waals surface area (Å²) in [7, 11) is 0. The van der Waals surface area contributed by atoms with Crippen LogP contribution in [-0.2, 0) is 11.2 Å². The lowest BCUT2D eigenvalue weighted by atomic mass is 9.95. The van der Waals surface area contributed by atoms with Crippen molar-refractivity contribution in [1.82, 2.24) is 20.0 Å². The normalized spacial score (nSPS) is 14.9. The van der Waals surface area contributed by atoms with Crippen molar-refractivity contribution in [1.29, 1.82) is 0 Å². The van der Waals surface area contributed by atoms with Gasteiger partial charge in [0.05, 0.1) is 5.92 Å². The maximum atomic E-state index is 13.4. The summed E-state index contributed by atoms with van der Waals surface area (Å²) in [6.07, 6.45) is 2.51. The Hall–Kier alpha value is -3.74. The molecule has 0 radical (unpaired) electrons. The molecular formula is C28H31N5O2. The van der Waals surface area contributed by atoms with E-state index in [1.54, 1.807) is 0 Å². The molecule has 1 unspecified atom stereocenters. The van der Waals surface area contributed by atoms with Gasteiger partial charge in [-0.3, -0.25) is 4.79 Å². The van der Waals surface area contributed by atoms with E-state index in [4.69, 9.17) is 9.51 Å². The molecule has 1 atom stereocenters. The molecule has 35 heavy (non-hydrogen) atoms. The fourth-order valence-corrected chi connectivity index (χ4v) is 4.83. The summed E-state index contributed by atoms with van der Waals surface area (Å²) in [6, 6.07) is 20.1. The highest BCUT2D eigenvalue weighted by molar-refractivity contribution is 5.98. The van der Waals surface area contributed by atoms with Gasteiger partial charge in [0.1, 0.15) is 22.7 Å². The van der Waals surface area contributed by atoms with Crippen LogP contribution in [0.1, 0.15) is 44.0 Å². The number of anilines is 1. The molecule has 5 rings (SSSR count). The highest BCUT2D eigenvalue weighted by Crippen LogP contribution is 2.34. The molecule has 2 aromatic heterocycles. The van der Waals surface area contributed by atoms with Crippen molar-refractivity contribution in [3.05, 3.63) is 72.1 Å². The zero-order valence-electron chi connectivity index (χ0n) is 20.4. The molecule has 7 heteroatoms. The van der Waals surface area contributed by atoms with E-state index in [9.17, 15) is 4.79 Å². The summed E-state index contributed by atoms with van der Waals surface area (Å²) in [5, 5.41) is 5.20. The summed E-state index contributed by atoms with van der Waals surface area (Å²) in [6.45, 7) is 6.91. The van der Waals surface area contributed by atoms with Gasteiger partial charge < -0.3 is 14.3 Å². The molecule has 2 aromatic carbocycles. The maximum absolute atomic E-state index is 13.4. The molecule has 3 heterocycles. The zero-order valence-corrected chi connectivity index (χ0v) is 20.4. The lowest BCUT2D eigenvalue weighted by Gasteiger charge is -2.37. The second-order valence-corrected chi connectivity index (χ2v) is 8.97. The number of fused-ring (bicyclic) bond motifs is 1. The maximum Gasteiger partial charge on any atom is 0.263 e. The average molecular weight is 470 g/mol. The minimum atomic E-state index is -0.104. The van der Waals surface area contributed by atoms with Crippen LogP contribution in [0.2, 0.25) is 0 Å². The lowest BCUT2D eigenvalue weighted by molar-refractivity contribution is -0.133. The molecule has 1 aliphatic rings. The van der Waals surface area contributed by atoms with Gasteiger partial charge in [0.2, 0.25) is 5.91 Å². The Morgan fingerprint density at radius 1 is 0.943 bits per heavy atom. The summed E-state index contributed by atoms with van der Waals surface area (Å²) in [5.74, 6) is 1.71. The van der Waals surface area contributed by atoms with Crippen LogP contribution < -0.4 is 4.90 Å². The Morgan fingerprint density at radius 2 is 1.63 bits per heavy atom. The first kappa shape index (κ1) is 23.0. The third kappa shape index (κ3) is 4.63. The fraction of sp³-hybridized carbons (Fsp3) is 0.357. The third-order valence-electron chi connectivity index (χ3n) is 6.68. The second kappa shape index (κ2) is 10.3. The van der Waals surface area contributed by atoms with Crippen LogP contribution in [0.15, 0.2) is 65.2 Å². The minimum absolute atomic E-state index is 0.104. The van der Waals surface area contributed by atoms with Gasteiger partial charge in [-0.25, -0.2) is 4.98 Å². The first-order valence-electron chi connectivity index (χ1n) is 12.5. The van der Waals surface area contributed by atoms with Gasteiger partial charge in [0, 0.05) is 38.2 Å². The van der Waals surface area contributed by atoms with E-state index in [-0.39, 0.29) is 11.8 Å². The smallest absolute Gasteiger partial charge is 0.263 e. The number of hydrogen-bond acceptors (Lipinski definition) is 6. The summed E-state index contributed by atoms with van der Waals surface area (Å²) < 4.78 is 5.68. The van der Waals surface area contributed by atoms with Crippen LogP contribution in [0.5, 0.6) is 0 Å². The second-order valence-electron chi connectivity index (χ2n) is 8.97. The van der Waals surface area contributed by atoms with Crippen LogP contribution >= 0.6 is 0 Å². The van der Waals surface area contributed by atoms with Gasteiger partial charge in [-0.2, -0.15) is 4.98 Å². The van der Waals surface area contributed by atoms with Gasteiger partial charge in [0.25, 0.3) is 5.71 Å². The summed E-state index contributed by atoms with van der Waals surface area (Å²) in [4.78, 5) is 27.2. The number of carbonyl (C=O) groups excluding carboxylic acids is 1. The van der Waals surface area contributed by atoms with Crippen molar-refractivity contribution in [3.63, 3.8) is 0 Å². The van der Waals surface area contributed by atoms with Crippen molar-refractivity contribution < 1.29 is 9.32 Å². The number of carbonyl (C=O) groups is 1. The Bertz CT molecular complexity index is 1280. The molecule has 180 valence electrons. The standard InChI is InChI=1S/C28H31N5O2/c1-3-11-23-29-26(24-25(31-35-27(24)30-23)21-14-9-6-10-15-21)32-16-18-33(19-17-32)28(34)22(4-2)20-12-7-5-8-13-20/h5-10,12-15,22H,3-4,11,16-19H2,1-2H3. The van der Waals surface area contributed by atoms with Crippen LogP contribution in [0, 0.1) is 0 Å². The van der Waals surface area contributed by atoms with Crippen molar-refractivity contribution in [3.8, 4) is 11.3 Å². The van der Waals surface area contributed by atoms with Gasteiger partial charge >= 0.3 is 0 Å². The van der Waals surface area contributed by atoms with Gasteiger partial charge in [-0.1, -0.05) is 79.7 Å². The minimum Gasteiger partial charge on any atom is -0.352 e. The number of nitrogens with zero attached hydrogens (tertiary/aromatic N) is 5. The van der Waals surface area contributed by atoms with Crippen LogP contribution in [-0.4, -0.2) is 52.1 Å². The van der Waals surface area contributed by atoms with E-state index < -0.39 is 0 Å². The van der Waals surface area contributed by atoms with E-state index in [2.05, 4.69) is 28.9 Å². The molecule has 7 nitrogen and oxygen atoms in total. The van der Waals surface area contributed by atoms with Crippen LogP contribution in [0.3, 0.4) is 0 Å². The SMILES string of the molecule is CCCc1nc(N2CCN(C(=O)C(CC)c3ccccc3)CC2)c2c(-c3ccccc3)noc2n1. The Labute approximate surface area is 205 Å². The monoisotopic (exact) mass is 469 g/mol. The number of aromatic nitrogens is 3. The van der Waals surface area contributed by atoms with E-state index >= 15 is 0 Å². The molecule has 0 saturated carbocycles. The van der Waals surface area contributed by atoms with E-state index in [0.29, 0.717) is 31.9 Å². The average Bonchev–Trinajstić information content (AvgIpc) is 3.34. The number of hydrogen-bond donors (Lipinski definition) is 0. The molecule has 1 saturated heterocycles. The van der Waals surface area contributed by atoms with Gasteiger partial charge in [-0.15, -0.1) is 0 Å².